The van der Waals surface area contributed by atoms with Gasteiger partial charge in [0.05, 0.1) is 0 Å². The van der Waals surface area contributed by atoms with Crippen LogP contribution in [0.3, 0.4) is 0 Å². The van der Waals surface area contributed by atoms with Gasteiger partial charge in [0.25, 0.3) is 0 Å². The van der Waals surface area contributed by atoms with E-state index in [0.29, 0.717) is 6.67 Å². The van der Waals surface area contributed by atoms with Gasteiger partial charge in [-0.3, -0.25) is 4.90 Å². The molecule has 3 heteroatoms. The number of hydrogen-bond acceptors (Lipinski definition) is 3. The third kappa shape index (κ3) is 2.68. The third-order valence-electron chi connectivity index (χ3n) is 1.85. The maximum atomic E-state index is 5.44. The van der Waals surface area contributed by atoms with Gasteiger partial charge in [0.2, 0.25) is 0 Å². The van der Waals surface area contributed by atoms with Crippen molar-refractivity contribution in [3.05, 3.63) is 23.7 Å². The minimum absolute atomic E-state index is 0.597. The summed E-state index contributed by atoms with van der Waals surface area (Å²) in [5.74, 6) is 2.01. The molecule has 68 valence electrons. The van der Waals surface area contributed by atoms with Crippen molar-refractivity contribution in [2.75, 3.05) is 20.3 Å². The van der Waals surface area contributed by atoms with E-state index in [1.807, 2.05) is 26.1 Å². The van der Waals surface area contributed by atoms with Crippen LogP contribution in [0.25, 0.3) is 0 Å². The van der Waals surface area contributed by atoms with Gasteiger partial charge < -0.3 is 10.2 Å². The van der Waals surface area contributed by atoms with Crippen molar-refractivity contribution in [1.82, 2.24) is 4.90 Å². The molecule has 0 aromatic carbocycles. The first-order chi connectivity index (χ1) is 5.72. The molecule has 1 heterocycles. The van der Waals surface area contributed by atoms with Crippen LogP contribution in [-0.2, 0) is 6.42 Å². The Kier molecular flexibility index (Phi) is 3.31. The van der Waals surface area contributed by atoms with Crippen LogP contribution in [-0.4, -0.2) is 25.2 Å². The van der Waals surface area contributed by atoms with E-state index in [1.165, 1.54) is 0 Å². The Bertz CT molecular complexity index is 232. The molecule has 1 aromatic rings. The van der Waals surface area contributed by atoms with Crippen molar-refractivity contribution in [2.45, 2.75) is 13.3 Å². The summed E-state index contributed by atoms with van der Waals surface area (Å²) in [6.45, 7) is 3.50. The molecular weight excluding hydrogens is 152 g/mol. The summed E-state index contributed by atoms with van der Waals surface area (Å²) in [7, 11) is 2.00. The highest BCUT2D eigenvalue weighted by atomic mass is 16.3. The molecule has 0 aliphatic heterocycles. The van der Waals surface area contributed by atoms with Gasteiger partial charge in [-0.2, -0.15) is 0 Å². The Labute approximate surface area is 73.2 Å². The largest absolute Gasteiger partial charge is 0.466 e. The average Bonchev–Trinajstić information content (AvgIpc) is 2.47. The van der Waals surface area contributed by atoms with Gasteiger partial charge in [-0.1, -0.05) is 0 Å². The number of hydrogen-bond donors (Lipinski definition) is 1. The second kappa shape index (κ2) is 4.28. The lowest BCUT2D eigenvalue weighted by Gasteiger charge is -2.11. The molecule has 0 bridgehead atoms. The fraction of sp³-hybridized carbons (Fsp3) is 0.556. The van der Waals surface area contributed by atoms with Crippen molar-refractivity contribution < 1.29 is 4.42 Å². The van der Waals surface area contributed by atoms with E-state index in [-0.39, 0.29) is 0 Å². The first-order valence-corrected chi connectivity index (χ1v) is 4.16. The minimum atomic E-state index is 0.597. The topological polar surface area (TPSA) is 42.4 Å². The van der Waals surface area contributed by atoms with Crippen LogP contribution in [0.5, 0.6) is 0 Å². The molecule has 0 atom stereocenters. The zero-order valence-electron chi connectivity index (χ0n) is 7.71. The van der Waals surface area contributed by atoms with Gasteiger partial charge in [0, 0.05) is 19.6 Å². The van der Waals surface area contributed by atoms with Crippen molar-refractivity contribution in [3.63, 3.8) is 0 Å². The Morgan fingerprint density at radius 1 is 1.50 bits per heavy atom. The fourth-order valence-electron chi connectivity index (χ4n) is 1.01. The molecule has 2 N–H and O–H groups in total. The molecule has 0 aliphatic rings. The lowest BCUT2D eigenvalue weighted by Crippen LogP contribution is -2.27. The smallest absolute Gasteiger partial charge is 0.105 e. The standard InChI is InChI=1S/C9H16N2O/c1-8-3-4-9(12-8)5-6-11(2)7-10/h3-4H,5-7,10H2,1-2H3. The summed E-state index contributed by atoms with van der Waals surface area (Å²) >= 11 is 0. The average molecular weight is 168 g/mol. The number of aryl methyl sites for hydroxylation is 1. The summed E-state index contributed by atoms with van der Waals surface area (Å²) < 4.78 is 5.41. The number of nitrogens with zero attached hydrogens (tertiary/aromatic N) is 1. The van der Waals surface area contributed by atoms with Gasteiger partial charge in [0.1, 0.15) is 11.5 Å². The fourth-order valence-corrected chi connectivity index (χ4v) is 1.01. The van der Waals surface area contributed by atoms with Gasteiger partial charge in [0.15, 0.2) is 0 Å². The predicted molar refractivity (Wildman–Crippen MR) is 48.8 cm³/mol. The molecule has 12 heavy (non-hydrogen) atoms. The maximum absolute atomic E-state index is 5.44. The molecule has 1 rings (SSSR count). The number of rotatable bonds is 4. The number of furan rings is 1. The Hall–Kier alpha value is -0.800. The van der Waals surface area contributed by atoms with Gasteiger partial charge >= 0.3 is 0 Å². The Morgan fingerprint density at radius 2 is 2.25 bits per heavy atom. The highest BCUT2D eigenvalue weighted by Gasteiger charge is 2.00. The molecule has 0 aliphatic carbocycles. The van der Waals surface area contributed by atoms with Crippen LogP contribution in [0.2, 0.25) is 0 Å². The minimum Gasteiger partial charge on any atom is -0.466 e. The number of nitrogens with two attached hydrogens (primary N) is 1. The van der Waals surface area contributed by atoms with Crippen molar-refractivity contribution >= 4 is 0 Å². The normalized spacial score (nSPS) is 11.0. The van der Waals surface area contributed by atoms with E-state index >= 15 is 0 Å². The van der Waals surface area contributed by atoms with Crippen LogP contribution >= 0.6 is 0 Å². The third-order valence-corrected chi connectivity index (χ3v) is 1.85. The van der Waals surface area contributed by atoms with Crippen molar-refractivity contribution in [1.29, 1.82) is 0 Å². The van der Waals surface area contributed by atoms with Gasteiger partial charge in [-0.25, -0.2) is 0 Å². The summed E-state index contributed by atoms with van der Waals surface area (Å²) in [5, 5.41) is 0. The van der Waals surface area contributed by atoms with Gasteiger partial charge in [-0.15, -0.1) is 0 Å². The summed E-state index contributed by atoms with van der Waals surface area (Å²) in [4.78, 5) is 2.05. The highest BCUT2D eigenvalue weighted by Crippen LogP contribution is 2.06. The Balaban J connectivity index is 2.33. The van der Waals surface area contributed by atoms with Crippen LogP contribution in [0, 0.1) is 6.92 Å². The summed E-state index contributed by atoms with van der Waals surface area (Å²) in [6.07, 6.45) is 0.932. The van der Waals surface area contributed by atoms with E-state index in [1.54, 1.807) is 0 Å². The quantitative estimate of drug-likeness (QED) is 0.681. The van der Waals surface area contributed by atoms with E-state index < -0.39 is 0 Å². The van der Waals surface area contributed by atoms with Crippen molar-refractivity contribution in [3.8, 4) is 0 Å². The first kappa shape index (κ1) is 9.29. The molecule has 0 radical (unpaired) electrons. The van der Waals surface area contributed by atoms with Gasteiger partial charge in [-0.05, 0) is 26.1 Å². The molecule has 3 nitrogen and oxygen atoms in total. The van der Waals surface area contributed by atoms with E-state index in [4.69, 9.17) is 10.2 Å². The van der Waals surface area contributed by atoms with E-state index in [0.717, 1.165) is 24.5 Å². The molecule has 0 amide bonds. The maximum Gasteiger partial charge on any atom is 0.105 e. The molecule has 0 spiro atoms. The molecule has 0 saturated heterocycles. The molecule has 0 fully saturated rings. The Morgan fingerprint density at radius 3 is 2.75 bits per heavy atom. The lowest BCUT2D eigenvalue weighted by atomic mass is 10.3. The summed E-state index contributed by atoms with van der Waals surface area (Å²) in [6, 6.07) is 4.00. The molecule has 0 unspecified atom stereocenters. The SMILES string of the molecule is Cc1ccc(CCN(C)CN)o1. The number of likely N-dealkylation sites (N-methyl/N-ethyl adjacent to an activating group) is 1. The first-order valence-electron chi connectivity index (χ1n) is 4.16. The zero-order chi connectivity index (χ0) is 8.97. The van der Waals surface area contributed by atoms with Crippen LogP contribution in [0.15, 0.2) is 16.5 Å². The van der Waals surface area contributed by atoms with E-state index in [2.05, 4.69) is 4.90 Å². The molecular formula is C9H16N2O. The predicted octanol–water partition coefficient (Wildman–Crippen LogP) is 0.979. The van der Waals surface area contributed by atoms with Crippen LogP contribution < -0.4 is 5.73 Å². The zero-order valence-corrected chi connectivity index (χ0v) is 7.71. The van der Waals surface area contributed by atoms with Crippen LogP contribution in [0.1, 0.15) is 11.5 Å². The molecule has 0 saturated carbocycles. The van der Waals surface area contributed by atoms with Crippen LogP contribution in [0.4, 0.5) is 0 Å². The van der Waals surface area contributed by atoms with E-state index in [9.17, 15) is 0 Å². The van der Waals surface area contributed by atoms with Crippen molar-refractivity contribution in [2.24, 2.45) is 5.73 Å². The summed E-state index contributed by atoms with van der Waals surface area (Å²) in [5.41, 5.74) is 5.44. The molecule has 1 aromatic heterocycles. The highest BCUT2D eigenvalue weighted by molar-refractivity contribution is 5.05. The second-order valence-electron chi connectivity index (χ2n) is 3.02. The lowest BCUT2D eigenvalue weighted by molar-refractivity contribution is 0.335. The monoisotopic (exact) mass is 168 g/mol. The second-order valence-corrected chi connectivity index (χ2v) is 3.02.